The summed E-state index contributed by atoms with van der Waals surface area (Å²) in [6.07, 6.45) is 3.25. The number of phenols is 1. The minimum absolute atomic E-state index is 0.109. The van der Waals surface area contributed by atoms with Gasteiger partial charge in [-0.25, -0.2) is 0 Å². The third-order valence-electron chi connectivity index (χ3n) is 3.50. The molecular formula is C16H26N4O3. The molecule has 0 aliphatic rings. The van der Waals surface area contributed by atoms with Crippen molar-refractivity contribution < 1.29 is 14.7 Å². The molecule has 7 N–H and O–H groups in total. The zero-order valence-corrected chi connectivity index (χ0v) is 13.3. The summed E-state index contributed by atoms with van der Waals surface area (Å²) in [6.45, 7) is 2.29. The molecule has 0 aliphatic carbocycles. The number of nitrogens with two attached hydrogens (primary N) is 3. The van der Waals surface area contributed by atoms with Crippen LogP contribution in [0.15, 0.2) is 18.2 Å². The molecule has 0 radical (unpaired) electrons. The highest BCUT2D eigenvalue weighted by atomic mass is 16.3. The Hall–Kier alpha value is -2.12. The van der Waals surface area contributed by atoms with E-state index in [1.807, 2.05) is 0 Å². The lowest BCUT2D eigenvalue weighted by molar-refractivity contribution is 0.0750. The first-order chi connectivity index (χ1) is 11.0. The topological polar surface area (TPSA) is 136 Å². The Morgan fingerprint density at radius 2 is 1.43 bits per heavy atom. The van der Waals surface area contributed by atoms with Crippen LogP contribution in [0.25, 0.3) is 0 Å². The van der Waals surface area contributed by atoms with Crippen molar-refractivity contribution in [2.45, 2.75) is 25.7 Å². The first-order valence-electron chi connectivity index (χ1n) is 7.83. The fourth-order valence-corrected chi connectivity index (χ4v) is 2.27. The number of carbonyl (C=O) groups is 2. The number of aromatic hydroxyl groups is 1. The molecule has 0 spiro atoms. The molecule has 23 heavy (non-hydrogen) atoms. The van der Waals surface area contributed by atoms with Crippen LogP contribution in [0.4, 0.5) is 0 Å². The second-order valence-electron chi connectivity index (χ2n) is 5.42. The zero-order valence-electron chi connectivity index (χ0n) is 13.3. The van der Waals surface area contributed by atoms with Crippen molar-refractivity contribution in [1.29, 1.82) is 0 Å². The summed E-state index contributed by atoms with van der Waals surface area (Å²) in [6, 6.07) is 3.99. The molecule has 0 bridgehead atoms. The van der Waals surface area contributed by atoms with Gasteiger partial charge in [0.05, 0.1) is 0 Å². The summed E-state index contributed by atoms with van der Waals surface area (Å²) in [5.41, 5.74) is 16.6. The maximum absolute atomic E-state index is 12.7. The predicted octanol–water partition coefficient (Wildman–Crippen LogP) is 0.411. The average molecular weight is 322 g/mol. The molecule has 0 aliphatic heterocycles. The van der Waals surface area contributed by atoms with Crippen LogP contribution in [-0.2, 0) is 0 Å². The van der Waals surface area contributed by atoms with Crippen LogP contribution in [0.1, 0.15) is 46.4 Å². The molecule has 0 saturated carbocycles. The van der Waals surface area contributed by atoms with E-state index in [1.165, 1.54) is 18.2 Å². The van der Waals surface area contributed by atoms with Gasteiger partial charge in [-0.3, -0.25) is 9.59 Å². The first kappa shape index (κ1) is 18.9. The lowest BCUT2D eigenvalue weighted by Crippen LogP contribution is -2.33. The van der Waals surface area contributed by atoms with Crippen molar-refractivity contribution in [2.24, 2.45) is 17.2 Å². The first-order valence-corrected chi connectivity index (χ1v) is 7.83. The summed E-state index contributed by atoms with van der Waals surface area (Å²) >= 11 is 0. The van der Waals surface area contributed by atoms with Gasteiger partial charge in [0.2, 0.25) is 5.91 Å². The highest BCUT2D eigenvalue weighted by Crippen LogP contribution is 2.18. The standard InChI is InChI=1S/C16H26N4O3/c17-5-1-3-7-20(8-4-2-6-18)16(23)13-9-12(15(19)22)10-14(21)11-13/h9-11,21H,1-8,17-18H2,(H2,19,22). The van der Waals surface area contributed by atoms with Gasteiger partial charge in [-0.1, -0.05) is 0 Å². The molecular weight excluding hydrogens is 296 g/mol. The van der Waals surface area contributed by atoms with E-state index < -0.39 is 5.91 Å². The summed E-state index contributed by atoms with van der Waals surface area (Å²) in [5, 5.41) is 9.69. The molecule has 7 nitrogen and oxygen atoms in total. The fourth-order valence-electron chi connectivity index (χ4n) is 2.27. The molecule has 0 fully saturated rings. The lowest BCUT2D eigenvalue weighted by Gasteiger charge is -2.23. The van der Waals surface area contributed by atoms with E-state index in [0.29, 0.717) is 26.2 Å². The van der Waals surface area contributed by atoms with E-state index in [4.69, 9.17) is 17.2 Å². The minimum atomic E-state index is -0.687. The van der Waals surface area contributed by atoms with Crippen molar-refractivity contribution in [1.82, 2.24) is 4.90 Å². The van der Waals surface area contributed by atoms with Gasteiger partial charge in [-0.2, -0.15) is 0 Å². The average Bonchev–Trinajstić information content (AvgIpc) is 2.52. The van der Waals surface area contributed by atoms with Gasteiger partial charge in [-0.05, 0) is 57.0 Å². The van der Waals surface area contributed by atoms with Gasteiger partial charge >= 0.3 is 0 Å². The van der Waals surface area contributed by atoms with Gasteiger partial charge in [0.1, 0.15) is 5.75 Å². The molecule has 0 unspecified atom stereocenters. The third kappa shape index (κ3) is 6.25. The van der Waals surface area contributed by atoms with E-state index in [2.05, 4.69) is 0 Å². The maximum atomic E-state index is 12.7. The predicted molar refractivity (Wildman–Crippen MR) is 89.1 cm³/mol. The van der Waals surface area contributed by atoms with Crippen molar-refractivity contribution >= 4 is 11.8 Å². The highest BCUT2D eigenvalue weighted by Gasteiger charge is 2.17. The molecule has 7 heteroatoms. The van der Waals surface area contributed by atoms with E-state index in [1.54, 1.807) is 4.90 Å². The number of nitrogens with zero attached hydrogens (tertiary/aromatic N) is 1. The Balaban J connectivity index is 2.90. The lowest BCUT2D eigenvalue weighted by atomic mass is 10.1. The minimum Gasteiger partial charge on any atom is -0.508 e. The molecule has 0 heterocycles. The number of unbranched alkanes of at least 4 members (excludes halogenated alkanes) is 2. The second kappa shape index (κ2) is 9.81. The second-order valence-corrected chi connectivity index (χ2v) is 5.42. The van der Waals surface area contributed by atoms with Crippen LogP contribution in [0, 0.1) is 0 Å². The number of hydrogen-bond donors (Lipinski definition) is 4. The Bertz CT molecular complexity index is 524. The molecule has 2 amide bonds. The summed E-state index contributed by atoms with van der Waals surface area (Å²) in [7, 11) is 0. The van der Waals surface area contributed by atoms with Crippen LogP contribution >= 0.6 is 0 Å². The number of amides is 2. The van der Waals surface area contributed by atoms with E-state index >= 15 is 0 Å². The molecule has 1 rings (SSSR count). The van der Waals surface area contributed by atoms with Crippen molar-refractivity contribution in [3.8, 4) is 5.75 Å². The highest BCUT2D eigenvalue weighted by molar-refractivity contribution is 5.99. The Labute approximate surface area is 136 Å². The number of hydrogen-bond acceptors (Lipinski definition) is 5. The number of rotatable bonds is 10. The van der Waals surface area contributed by atoms with Gasteiger partial charge in [0, 0.05) is 24.2 Å². The molecule has 1 aromatic carbocycles. The Morgan fingerprint density at radius 3 is 1.91 bits per heavy atom. The van der Waals surface area contributed by atoms with Crippen LogP contribution in [-0.4, -0.2) is 48.0 Å². The smallest absolute Gasteiger partial charge is 0.254 e. The van der Waals surface area contributed by atoms with E-state index in [0.717, 1.165) is 25.7 Å². The summed E-state index contributed by atoms with van der Waals surface area (Å²) in [4.78, 5) is 25.6. The zero-order chi connectivity index (χ0) is 17.2. The number of phenolic OH excluding ortho intramolecular Hbond substituents is 1. The van der Waals surface area contributed by atoms with Crippen LogP contribution in [0.3, 0.4) is 0 Å². The monoisotopic (exact) mass is 322 g/mol. The largest absolute Gasteiger partial charge is 0.508 e. The third-order valence-corrected chi connectivity index (χ3v) is 3.50. The van der Waals surface area contributed by atoms with Crippen molar-refractivity contribution in [3.05, 3.63) is 29.3 Å². The fraction of sp³-hybridized carbons (Fsp3) is 0.500. The molecule has 0 atom stereocenters. The molecule has 128 valence electrons. The Kier molecular flexibility index (Phi) is 8.07. The number of carbonyl (C=O) groups excluding carboxylic acids is 2. The van der Waals surface area contributed by atoms with Crippen molar-refractivity contribution in [3.63, 3.8) is 0 Å². The van der Waals surface area contributed by atoms with Gasteiger partial charge in [0.15, 0.2) is 0 Å². The molecule has 1 aromatic rings. The maximum Gasteiger partial charge on any atom is 0.254 e. The van der Waals surface area contributed by atoms with Crippen LogP contribution in [0.5, 0.6) is 5.75 Å². The van der Waals surface area contributed by atoms with Crippen LogP contribution in [0.2, 0.25) is 0 Å². The summed E-state index contributed by atoms with van der Waals surface area (Å²) < 4.78 is 0. The number of benzene rings is 1. The Morgan fingerprint density at radius 1 is 0.913 bits per heavy atom. The molecule has 0 aromatic heterocycles. The SMILES string of the molecule is NCCCCN(CCCCN)C(=O)c1cc(O)cc(C(N)=O)c1. The quantitative estimate of drug-likeness (QED) is 0.463. The van der Waals surface area contributed by atoms with E-state index in [-0.39, 0.29) is 22.8 Å². The molecule has 0 saturated heterocycles. The number of primary amides is 1. The van der Waals surface area contributed by atoms with Gasteiger partial charge < -0.3 is 27.2 Å². The van der Waals surface area contributed by atoms with Crippen LogP contribution < -0.4 is 17.2 Å². The van der Waals surface area contributed by atoms with Crippen molar-refractivity contribution in [2.75, 3.05) is 26.2 Å². The van der Waals surface area contributed by atoms with E-state index in [9.17, 15) is 14.7 Å². The van der Waals surface area contributed by atoms with Gasteiger partial charge in [-0.15, -0.1) is 0 Å². The van der Waals surface area contributed by atoms with Gasteiger partial charge in [0.25, 0.3) is 5.91 Å². The summed E-state index contributed by atoms with van der Waals surface area (Å²) in [5.74, 6) is -1.08. The normalized spacial score (nSPS) is 10.5.